The van der Waals surface area contributed by atoms with E-state index in [0.717, 1.165) is 0 Å². The van der Waals surface area contributed by atoms with Gasteiger partial charge in [0.05, 0.1) is 0 Å². The minimum absolute atomic E-state index is 0.0798. The molecular formula is C23H31F2N3O2. The van der Waals surface area contributed by atoms with Gasteiger partial charge < -0.3 is 15.4 Å². The zero-order chi connectivity index (χ0) is 23.0. The topological polar surface area (TPSA) is 68.5 Å². The maximum Gasteiger partial charge on any atom is 0.254 e. The molecule has 1 aliphatic heterocycles. The predicted octanol–water partition coefficient (Wildman–Crippen LogP) is 5.78. The van der Waals surface area contributed by atoms with Crippen molar-refractivity contribution in [3.8, 4) is 5.75 Å². The van der Waals surface area contributed by atoms with Crippen molar-refractivity contribution < 1.29 is 18.3 Å². The molecule has 2 heterocycles. The van der Waals surface area contributed by atoms with E-state index in [9.17, 15) is 13.6 Å². The lowest BCUT2D eigenvalue weighted by Crippen LogP contribution is -2.30. The van der Waals surface area contributed by atoms with Crippen LogP contribution in [0, 0.1) is 5.82 Å². The number of rotatable bonds is 0. The molecule has 2 bridgehead atoms. The van der Waals surface area contributed by atoms with Gasteiger partial charge in [-0.2, -0.15) is 0 Å². The van der Waals surface area contributed by atoms with E-state index in [1.165, 1.54) is 35.4 Å². The van der Waals surface area contributed by atoms with Crippen LogP contribution in [-0.2, 0) is 0 Å². The van der Waals surface area contributed by atoms with Crippen LogP contribution in [0.4, 0.5) is 14.6 Å². The van der Waals surface area contributed by atoms with Crippen LogP contribution in [0.25, 0.3) is 5.83 Å². The Bertz CT molecular complexity index is 913. The number of hydrogen-bond acceptors (Lipinski definition) is 4. The van der Waals surface area contributed by atoms with Crippen molar-refractivity contribution in [3.05, 3.63) is 58.5 Å². The van der Waals surface area contributed by atoms with Crippen LogP contribution in [-0.4, -0.2) is 29.4 Å². The molecule has 2 aromatic rings. The number of hydrogen-bond donors (Lipinski definition) is 1. The highest BCUT2D eigenvalue weighted by Gasteiger charge is 2.24. The van der Waals surface area contributed by atoms with E-state index >= 15 is 0 Å². The summed E-state index contributed by atoms with van der Waals surface area (Å²) in [5.41, 5.74) is 7.07. The molecule has 7 heteroatoms. The first-order valence-corrected chi connectivity index (χ1v) is 10.1. The number of halogens is 2. The van der Waals surface area contributed by atoms with E-state index in [1.54, 1.807) is 20.9 Å². The summed E-state index contributed by atoms with van der Waals surface area (Å²) in [6, 6.07) is 5.33. The largest absolute Gasteiger partial charge is 0.482 e. The lowest BCUT2D eigenvalue weighted by atomic mass is 10.0. The monoisotopic (exact) mass is 419 g/mol. The van der Waals surface area contributed by atoms with E-state index in [4.69, 9.17) is 10.5 Å². The number of aromatic nitrogens is 1. The lowest BCUT2D eigenvalue weighted by molar-refractivity contribution is 0.0801. The van der Waals surface area contributed by atoms with Gasteiger partial charge in [0.25, 0.3) is 5.91 Å². The van der Waals surface area contributed by atoms with Gasteiger partial charge in [0.1, 0.15) is 17.7 Å². The first-order chi connectivity index (χ1) is 14.3. The fourth-order valence-electron chi connectivity index (χ4n) is 2.94. The molecule has 0 saturated heterocycles. The number of amides is 1. The summed E-state index contributed by atoms with van der Waals surface area (Å²) < 4.78 is 34.3. The molecule has 1 aliphatic rings. The van der Waals surface area contributed by atoms with Gasteiger partial charge in [0.2, 0.25) is 0 Å². The highest BCUT2D eigenvalue weighted by molar-refractivity contribution is 5.96. The third kappa shape index (κ3) is 5.55. The van der Waals surface area contributed by atoms with Gasteiger partial charge in [0.15, 0.2) is 11.6 Å². The van der Waals surface area contributed by atoms with Crippen LogP contribution in [0.1, 0.15) is 69.1 Å². The van der Waals surface area contributed by atoms with Crippen molar-refractivity contribution in [2.45, 2.75) is 47.6 Å². The summed E-state index contributed by atoms with van der Waals surface area (Å²) in [5, 5.41) is 0. The van der Waals surface area contributed by atoms with E-state index in [0.29, 0.717) is 11.1 Å². The average Bonchev–Trinajstić information content (AvgIpc) is 2.76. The third-order valence-corrected chi connectivity index (χ3v) is 4.32. The summed E-state index contributed by atoms with van der Waals surface area (Å²) in [6.07, 6.45) is 0.623. The van der Waals surface area contributed by atoms with Crippen LogP contribution in [0.15, 0.2) is 36.0 Å². The Morgan fingerprint density at radius 1 is 1.17 bits per heavy atom. The van der Waals surface area contributed by atoms with Crippen LogP contribution in [0.5, 0.6) is 5.75 Å². The average molecular weight is 420 g/mol. The molecule has 1 atom stereocenters. The molecule has 5 nitrogen and oxygen atoms in total. The molecule has 164 valence electrons. The Balaban J connectivity index is 0.00000106. The molecule has 1 unspecified atom stereocenters. The summed E-state index contributed by atoms with van der Waals surface area (Å²) in [7, 11) is 1.57. The molecule has 2 N–H and O–H groups in total. The third-order valence-electron chi connectivity index (χ3n) is 4.32. The van der Waals surface area contributed by atoms with E-state index in [-0.39, 0.29) is 35.1 Å². The number of benzene rings is 1. The van der Waals surface area contributed by atoms with E-state index in [1.807, 2.05) is 27.7 Å². The van der Waals surface area contributed by atoms with Gasteiger partial charge in [0, 0.05) is 36.5 Å². The second kappa shape index (κ2) is 11.3. The molecule has 0 radical (unpaired) electrons. The number of anilines is 1. The van der Waals surface area contributed by atoms with Gasteiger partial charge in [-0.25, -0.2) is 13.8 Å². The van der Waals surface area contributed by atoms with Crippen LogP contribution >= 0.6 is 0 Å². The van der Waals surface area contributed by atoms with Crippen molar-refractivity contribution in [3.63, 3.8) is 0 Å². The first kappa shape index (κ1) is 25.1. The minimum Gasteiger partial charge on any atom is -0.482 e. The second-order valence-corrected chi connectivity index (χ2v) is 6.35. The molecule has 1 aromatic carbocycles. The fourth-order valence-corrected chi connectivity index (χ4v) is 2.94. The standard InChI is InChI=1S/C19H19F2N3O2.2C2H6/c1-10-9-24(3)19(25)14-5-4-13(20)7-15(14)11(2)26-16-6-12(17(10)21)8-23-18(16)22;2*1-2/h4-8,11H,9H2,1-3H3,(H2,22,23);2*1-2H3/b17-10+;;. The maximum absolute atomic E-state index is 14.7. The Morgan fingerprint density at radius 3 is 2.43 bits per heavy atom. The Labute approximate surface area is 177 Å². The minimum atomic E-state index is -0.690. The van der Waals surface area contributed by atoms with Crippen molar-refractivity contribution in [2.75, 3.05) is 19.3 Å². The number of likely N-dealkylation sites (N-methyl/N-ethyl adjacent to an activating group) is 1. The van der Waals surface area contributed by atoms with Gasteiger partial charge in [-0.05, 0) is 43.7 Å². The van der Waals surface area contributed by atoms with Crippen molar-refractivity contribution in [1.29, 1.82) is 0 Å². The number of nitrogen functional groups attached to an aromatic ring is 1. The number of fused-ring (bicyclic) bond motifs is 3. The van der Waals surface area contributed by atoms with Gasteiger partial charge in [-0.1, -0.05) is 27.7 Å². The highest BCUT2D eigenvalue weighted by atomic mass is 19.1. The number of carbonyl (C=O) groups is 1. The van der Waals surface area contributed by atoms with Crippen molar-refractivity contribution >= 4 is 17.6 Å². The Morgan fingerprint density at radius 2 is 1.80 bits per heavy atom. The number of ether oxygens (including phenoxy) is 1. The molecule has 0 spiro atoms. The van der Waals surface area contributed by atoms with Gasteiger partial charge >= 0.3 is 0 Å². The number of nitrogens with two attached hydrogens (primary N) is 1. The Hall–Kier alpha value is -2.96. The molecule has 0 fully saturated rings. The van der Waals surface area contributed by atoms with Crippen LogP contribution in [0.2, 0.25) is 0 Å². The van der Waals surface area contributed by atoms with Gasteiger partial charge in [-0.3, -0.25) is 4.79 Å². The zero-order valence-corrected chi connectivity index (χ0v) is 18.7. The lowest BCUT2D eigenvalue weighted by Gasteiger charge is -2.24. The highest BCUT2D eigenvalue weighted by Crippen LogP contribution is 2.32. The summed E-state index contributed by atoms with van der Waals surface area (Å²) in [5.74, 6) is -1.06. The zero-order valence-electron chi connectivity index (χ0n) is 18.7. The summed E-state index contributed by atoms with van der Waals surface area (Å²) >= 11 is 0. The molecule has 30 heavy (non-hydrogen) atoms. The van der Waals surface area contributed by atoms with Crippen LogP contribution < -0.4 is 10.5 Å². The fraction of sp³-hybridized carbons (Fsp3) is 0.391. The number of carbonyl (C=O) groups excluding carboxylic acids is 1. The number of pyridine rings is 1. The Kier molecular flexibility index (Phi) is 9.43. The smallest absolute Gasteiger partial charge is 0.254 e. The maximum atomic E-state index is 14.7. The van der Waals surface area contributed by atoms with Crippen molar-refractivity contribution in [2.24, 2.45) is 0 Å². The SMILES string of the molecule is C/C1=C(\F)c2cnc(N)c(c2)OC(C)c2cc(F)ccc2C(=O)N(C)C1.CC.CC. The van der Waals surface area contributed by atoms with Crippen LogP contribution in [0.3, 0.4) is 0 Å². The molecule has 0 saturated carbocycles. The summed E-state index contributed by atoms with van der Waals surface area (Å²) in [4.78, 5) is 18.2. The van der Waals surface area contributed by atoms with E-state index < -0.39 is 17.7 Å². The van der Waals surface area contributed by atoms with Gasteiger partial charge in [-0.15, -0.1) is 0 Å². The molecule has 3 rings (SSSR count). The van der Waals surface area contributed by atoms with E-state index in [2.05, 4.69) is 4.98 Å². The number of nitrogens with zero attached hydrogens (tertiary/aromatic N) is 2. The molecule has 1 amide bonds. The summed E-state index contributed by atoms with van der Waals surface area (Å²) in [6.45, 7) is 11.3. The first-order valence-electron chi connectivity index (χ1n) is 10.1. The molecular weight excluding hydrogens is 388 g/mol. The quantitative estimate of drug-likeness (QED) is 0.588. The predicted molar refractivity (Wildman–Crippen MR) is 117 cm³/mol. The second-order valence-electron chi connectivity index (χ2n) is 6.35. The molecule has 1 aromatic heterocycles. The normalized spacial score (nSPS) is 18.4. The molecule has 0 aliphatic carbocycles. The van der Waals surface area contributed by atoms with Crippen molar-refractivity contribution in [1.82, 2.24) is 9.88 Å².